The molecular formula is C11H11F2NSi. The Morgan fingerprint density at radius 3 is 2.60 bits per heavy atom. The number of halogens is 2. The highest BCUT2D eigenvalue weighted by molar-refractivity contribution is 6.79. The molecule has 15 heavy (non-hydrogen) atoms. The summed E-state index contributed by atoms with van der Waals surface area (Å²) in [6, 6.07) is 10.4. The Bertz CT molecular complexity index is 485. The molecule has 1 aromatic carbocycles. The summed E-state index contributed by atoms with van der Waals surface area (Å²) in [5.41, 5.74) is 0.649. The monoisotopic (exact) mass is 223 g/mol. The fourth-order valence-electron chi connectivity index (χ4n) is 1.45. The van der Waals surface area contributed by atoms with Crippen LogP contribution >= 0.6 is 0 Å². The van der Waals surface area contributed by atoms with Gasteiger partial charge in [0.25, 0.3) is 0 Å². The molecule has 0 N–H and O–H groups in total. The summed E-state index contributed by atoms with van der Waals surface area (Å²) in [4.78, 5) is 4.03. The molecule has 0 fully saturated rings. The second kappa shape index (κ2) is 3.70. The van der Waals surface area contributed by atoms with Crippen LogP contribution in [0.25, 0.3) is 10.9 Å². The van der Waals surface area contributed by atoms with Crippen LogP contribution in [0.5, 0.6) is 0 Å². The van der Waals surface area contributed by atoms with Crippen molar-refractivity contribution in [3.05, 3.63) is 36.4 Å². The van der Waals surface area contributed by atoms with E-state index in [-0.39, 0.29) is 11.4 Å². The maximum absolute atomic E-state index is 13.5. The van der Waals surface area contributed by atoms with Crippen LogP contribution in [0.4, 0.5) is 8.22 Å². The average Bonchev–Trinajstić information content (AvgIpc) is 2.28. The van der Waals surface area contributed by atoms with Gasteiger partial charge in [-0.2, -0.15) is 0 Å². The molecule has 1 aromatic heterocycles. The molecule has 0 unspecified atom stereocenters. The van der Waals surface area contributed by atoms with E-state index in [4.69, 9.17) is 0 Å². The minimum absolute atomic E-state index is 0.0105. The molecule has 1 heterocycles. The van der Waals surface area contributed by atoms with Crippen LogP contribution in [0.2, 0.25) is 6.04 Å². The lowest BCUT2D eigenvalue weighted by Crippen LogP contribution is -2.40. The van der Waals surface area contributed by atoms with Gasteiger partial charge < -0.3 is 0 Å². The van der Waals surface area contributed by atoms with Crippen molar-refractivity contribution in [3.63, 3.8) is 0 Å². The summed E-state index contributed by atoms with van der Waals surface area (Å²) in [5, 5.41) is 0.894. The number of benzene rings is 1. The number of hydrogen-bond acceptors (Lipinski definition) is 1. The molecule has 0 bridgehead atoms. The minimum Gasteiger partial charge on any atom is -0.263 e. The molecule has 0 aliphatic carbocycles. The van der Waals surface area contributed by atoms with Crippen molar-refractivity contribution >= 4 is 25.0 Å². The largest absolute Gasteiger partial charge is 0.472 e. The maximum Gasteiger partial charge on any atom is 0.472 e. The van der Waals surface area contributed by atoms with Gasteiger partial charge in [0, 0.05) is 11.4 Å². The van der Waals surface area contributed by atoms with Crippen LogP contribution < -0.4 is 5.32 Å². The van der Waals surface area contributed by atoms with Crippen LogP contribution in [-0.4, -0.2) is 13.7 Å². The van der Waals surface area contributed by atoms with Gasteiger partial charge in [-0.25, -0.2) is 0 Å². The van der Waals surface area contributed by atoms with E-state index in [2.05, 4.69) is 4.98 Å². The van der Waals surface area contributed by atoms with Gasteiger partial charge >= 0.3 is 8.74 Å². The second-order valence-corrected chi connectivity index (χ2v) is 6.08. The zero-order valence-electron chi connectivity index (χ0n) is 8.37. The van der Waals surface area contributed by atoms with Gasteiger partial charge in [-0.05, 0) is 12.1 Å². The van der Waals surface area contributed by atoms with Crippen LogP contribution in [0, 0.1) is 0 Å². The van der Waals surface area contributed by atoms with E-state index in [0.29, 0.717) is 5.52 Å². The number of aromatic nitrogens is 1. The van der Waals surface area contributed by atoms with E-state index in [9.17, 15) is 8.22 Å². The molecule has 0 saturated heterocycles. The van der Waals surface area contributed by atoms with E-state index in [1.807, 2.05) is 18.2 Å². The van der Waals surface area contributed by atoms with E-state index in [1.54, 1.807) is 12.1 Å². The molecular weight excluding hydrogens is 212 g/mol. The fraction of sp³-hybridized carbons (Fsp3) is 0.182. The Hall–Kier alpha value is -1.29. The van der Waals surface area contributed by atoms with Gasteiger partial charge in [0.15, 0.2) is 0 Å². The summed E-state index contributed by atoms with van der Waals surface area (Å²) < 4.78 is 27.0. The van der Waals surface area contributed by atoms with Crippen molar-refractivity contribution in [1.29, 1.82) is 0 Å². The molecule has 1 nitrogen and oxygen atoms in total. The van der Waals surface area contributed by atoms with E-state index in [1.165, 1.54) is 13.0 Å². The molecule has 0 aliphatic rings. The number of pyridine rings is 1. The van der Waals surface area contributed by atoms with Crippen LogP contribution in [0.1, 0.15) is 6.92 Å². The standard InChI is InChI=1S/C11H11F2NSi/c1-2-15(12,13)11-8-7-9-5-3-4-6-10(9)14-11/h3-8H,2H2,1H3. The third-order valence-corrected chi connectivity index (χ3v) is 4.33. The highest BCUT2D eigenvalue weighted by Crippen LogP contribution is 2.15. The smallest absolute Gasteiger partial charge is 0.263 e. The topological polar surface area (TPSA) is 12.9 Å². The number of fused-ring (bicyclic) bond motifs is 1. The van der Waals surface area contributed by atoms with Crippen molar-refractivity contribution < 1.29 is 8.22 Å². The van der Waals surface area contributed by atoms with Crippen LogP contribution in [-0.2, 0) is 0 Å². The van der Waals surface area contributed by atoms with Crippen LogP contribution in [0.3, 0.4) is 0 Å². The summed E-state index contributed by atoms with van der Waals surface area (Å²) in [5.74, 6) is 0. The first-order chi connectivity index (χ1) is 7.13. The van der Waals surface area contributed by atoms with Gasteiger partial charge in [-0.3, -0.25) is 13.2 Å². The molecule has 0 radical (unpaired) electrons. The lowest BCUT2D eigenvalue weighted by atomic mass is 10.2. The lowest BCUT2D eigenvalue weighted by molar-refractivity contribution is 0.622. The number of para-hydroxylation sites is 1. The Balaban J connectivity index is 2.56. The van der Waals surface area contributed by atoms with Crippen molar-refractivity contribution in [2.24, 2.45) is 0 Å². The van der Waals surface area contributed by atoms with Gasteiger partial charge in [0.2, 0.25) is 0 Å². The maximum atomic E-state index is 13.5. The van der Waals surface area contributed by atoms with Gasteiger partial charge in [0.1, 0.15) is 0 Å². The zero-order chi connectivity index (χ0) is 10.9. The predicted molar refractivity (Wildman–Crippen MR) is 59.8 cm³/mol. The van der Waals surface area contributed by atoms with Crippen molar-refractivity contribution in [3.8, 4) is 0 Å². The van der Waals surface area contributed by atoms with Crippen molar-refractivity contribution in [1.82, 2.24) is 4.98 Å². The molecule has 0 aliphatic heterocycles. The quantitative estimate of drug-likeness (QED) is 0.563. The normalized spacial score (nSPS) is 11.9. The lowest BCUT2D eigenvalue weighted by Gasteiger charge is -2.10. The highest BCUT2D eigenvalue weighted by Gasteiger charge is 2.37. The van der Waals surface area contributed by atoms with Crippen LogP contribution in [0.15, 0.2) is 36.4 Å². The van der Waals surface area contributed by atoms with Gasteiger partial charge in [-0.15, -0.1) is 0 Å². The average molecular weight is 223 g/mol. The van der Waals surface area contributed by atoms with Crippen molar-refractivity contribution in [2.75, 3.05) is 0 Å². The Labute approximate surface area is 88.1 Å². The fourth-order valence-corrected chi connectivity index (χ4v) is 2.42. The zero-order valence-corrected chi connectivity index (χ0v) is 9.37. The third-order valence-electron chi connectivity index (χ3n) is 2.42. The third kappa shape index (κ3) is 1.90. The first kappa shape index (κ1) is 10.2. The number of rotatable bonds is 2. The molecule has 0 spiro atoms. The second-order valence-electron chi connectivity index (χ2n) is 3.45. The summed E-state index contributed by atoms with van der Waals surface area (Å²) in [6.45, 7) is 1.52. The molecule has 2 rings (SSSR count). The van der Waals surface area contributed by atoms with E-state index < -0.39 is 8.74 Å². The van der Waals surface area contributed by atoms with Gasteiger partial charge in [0.05, 0.1) is 10.8 Å². The Kier molecular flexibility index (Phi) is 2.52. The first-order valence-electron chi connectivity index (χ1n) is 4.87. The van der Waals surface area contributed by atoms with Gasteiger partial charge in [-0.1, -0.05) is 31.2 Å². The van der Waals surface area contributed by atoms with E-state index >= 15 is 0 Å². The summed E-state index contributed by atoms with van der Waals surface area (Å²) in [6.07, 6.45) is 0. The molecule has 2 aromatic rings. The number of hydrogen-bond donors (Lipinski definition) is 0. The first-order valence-corrected chi connectivity index (χ1v) is 6.84. The summed E-state index contributed by atoms with van der Waals surface area (Å²) >= 11 is 0. The molecule has 4 heteroatoms. The molecule has 78 valence electrons. The minimum atomic E-state index is -4.28. The van der Waals surface area contributed by atoms with Crippen molar-refractivity contribution in [2.45, 2.75) is 13.0 Å². The molecule has 0 amide bonds. The Morgan fingerprint density at radius 2 is 1.87 bits per heavy atom. The van der Waals surface area contributed by atoms with E-state index in [0.717, 1.165) is 5.39 Å². The highest BCUT2D eigenvalue weighted by atomic mass is 28.4. The number of nitrogens with zero attached hydrogens (tertiary/aromatic N) is 1. The molecule has 0 saturated carbocycles. The summed E-state index contributed by atoms with van der Waals surface area (Å²) in [7, 11) is -4.28. The SMILES string of the molecule is CC[Si](F)(F)c1ccc2ccccc2n1. The Morgan fingerprint density at radius 1 is 1.13 bits per heavy atom. The predicted octanol–water partition coefficient (Wildman–Crippen LogP) is 2.84. The molecule has 0 atom stereocenters.